The predicted octanol–water partition coefficient (Wildman–Crippen LogP) is 3.16. The standard InChI is InChI=1S/C25H38N6/c1-19(2)29-14-9-20(10-15-29)30-12-5-13-31(17-16-30)25-8-3-6-22(28-25)24-18-23-21(27-24)7-4-11-26-23/h3-4,6-8,18-20,25-28H,5,9-17H2,1-2H3. The number of nitrogens with zero attached hydrogens (tertiary/aromatic N) is 3. The largest absolute Gasteiger partial charge is 0.380 e. The van der Waals surface area contributed by atoms with Crippen LogP contribution in [0.4, 0.5) is 5.69 Å². The summed E-state index contributed by atoms with van der Waals surface area (Å²) in [7, 11) is 0. The Morgan fingerprint density at radius 1 is 1.00 bits per heavy atom. The Morgan fingerprint density at radius 2 is 1.81 bits per heavy atom. The number of anilines is 1. The SMILES string of the molecule is CC(C)N1CCC(N2CCCN(C3C=CC=C(c4cc5c([nH]4)C=CCN5)N3)CC2)CC1. The van der Waals surface area contributed by atoms with Gasteiger partial charge in [-0.15, -0.1) is 0 Å². The van der Waals surface area contributed by atoms with Crippen LogP contribution in [0.25, 0.3) is 11.8 Å². The molecular weight excluding hydrogens is 384 g/mol. The molecule has 0 amide bonds. The molecule has 1 aromatic heterocycles. The number of aromatic amines is 1. The van der Waals surface area contributed by atoms with E-state index in [9.17, 15) is 0 Å². The maximum Gasteiger partial charge on any atom is 0.0990 e. The van der Waals surface area contributed by atoms with Crippen LogP contribution in [0.5, 0.6) is 0 Å². The minimum atomic E-state index is 0.270. The fourth-order valence-corrected chi connectivity index (χ4v) is 5.50. The van der Waals surface area contributed by atoms with Crippen LogP contribution >= 0.6 is 0 Å². The maximum absolute atomic E-state index is 3.78. The van der Waals surface area contributed by atoms with Crippen molar-refractivity contribution in [1.29, 1.82) is 0 Å². The van der Waals surface area contributed by atoms with Crippen molar-refractivity contribution < 1.29 is 0 Å². The van der Waals surface area contributed by atoms with Gasteiger partial charge in [-0.3, -0.25) is 9.80 Å². The molecule has 1 unspecified atom stereocenters. The summed E-state index contributed by atoms with van der Waals surface area (Å²) in [5, 5.41) is 7.22. The van der Waals surface area contributed by atoms with E-state index in [4.69, 9.17) is 0 Å². The van der Waals surface area contributed by atoms with Gasteiger partial charge in [0.25, 0.3) is 0 Å². The number of fused-ring (bicyclic) bond motifs is 1. The Bertz CT molecular complexity index is 842. The van der Waals surface area contributed by atoms with E-state index >= 15 is 0 Å². The first-order chi connectivity index (χ1) is 15.2. The van der Waals surface area contributed by atoms with E-state index in [-0.39, 0.29) is 6.17 Å². The minimum Gasteiger partial charge on any atom is -0.380 e. The molecule has 4 aliphatic heterocycles. The molecule has 0 saturated carbocycles. The number of hydrogen-bond acceptors (Lipinski definition) is 5. The Balaban J connectivity index is 1.17. The van der Waals surface area contributed by atoms with Crippen LogP contribution in [-0.4, -0.2) is 83.7 Å². The number of H-pyrrole nitrogens is 1. The zero-order valence-electron chi connectivity index (χ0n) is 19.1. The number of likely N-dealkylation sites (tertiary alicyclic amines) is 1. The fraction of sp³-hybridized carbons (Fsp3) is 0.600. The van der Waals surface area contributed by atoms with Gasteiger partial charge in [-0.1, -0.05) is 12.2 Å². The van der Waals surface area contributed by atoms with E-state index < -0.39 is 0 Å². The highest BCUT2D eigenvalue weighted by Crippen LogP contribution is 2.27. The lowest BCUT2D eigenvalue weighted by molar-refractivity contribution is 0.0930. The van der Waals surface area contributed by atoms with Crippen LogP contribution in [0.2, 0.25) is 0 Å². The maximum atomic E-state index is 3.78. The topological polar surface area (TPSA) is 49.6 Å². The van der Waals surface area contributed by atoms with Gasteiger partial charge in [0, 0.05) is 38.3 Å². The van der Waals surface area contributed by atoms with Crippen molar-refractivity contribution in [2.24, 2.45) is 0 Å². The van der Waals surface area contributed by atoms with E-state index in [0.717, 1.165) is 31.4 Å². The van der Waals surface area contributed by atoms with Gasteiger partial charge >= 0.3 is 0 Å². The first-order valence-electron chi connectivity index (χ1n) is 12.2. The number of hydrogen-bond donors (Lipinski definition) is 3. The minimum absolute atomic E-state index is 0.270. The molecule has 1 atom stereocenters. The smallest absolute Gasteiger partial charge is 0.0990 e. The van der Waals surface area contributed by atoms with Crippen molar-refractivity contribution >= 4 is 17.5 Å². The van der Waals surface area contributed by atoms with E-state index in [1.165, 1.54) is 62.5 Å². The summed E-state index contributed by atoms with van der Waals surface area (Å²) < 4.78 is 0. The predicted molar refractivity (Wildman–Crippen MR) is 130 cm³/mol. The van der Waals surface area contributed by atoms with Gasteiger partial charge in [0.15, 0.2) is 0 Å². The van der Waals surface area contributed by atoms with E-state index in [1.54, 1.807) is 0 Å². The van der Waals surface area contributed by atoms with Gasteiger partial charge in [0.05, 0.1) is 28.9 Å². The van der Waals surface area contributed by atoms with Crippen LogP contribution in [0, 0.1) is 0 Å². The lowest BCUT2D eigenvalue weighted by atomic mass is 10.0. The molecule has 0 radical (unpaired) electrons. The van der Waals surface area contributed by atoms with Crippen molar-refractivity contribution in [2.75, 3.05) is 51.1 Å². The first-order valence-corrected chi connectivity index (χ1v) is 12.2. The fourth-order valence-electron chi connectivity index (χ4n) is 5.50. The Morgan fingerprint density at radius 3 is 2.61 bits per heavy atom. The zero-order valence-corrected chi connectivity index (χ0v) is 19.1. The lowest BCUT2D eigenvalue weighted by Gasteiger charge is -2.40. The number of piperidine rings is 1. The molecule has 2 fully saturated rings. The lowest BCUT2D eigenvalue weighted by Crippen LogP contribution is -2.49. The normalized spacial score (nSPS) is 26.3. The monoisotopic (exact) mass is 422 g/mol. The highest BCUT2D eigenvalue weighted by molar-refractivity contribution is 5.75. The van der Waals surface area contributed by atoms with Crippen LogP contribution in [-0.2, 0) is 0 Å². The molecule has 2 saturated heterocycles. The molecular formula is C25H38N6. The Hall–Kier alpha value is -2.02. The molecule has 4 aliphatic rings. The number of rotatable bonds is 4. The Kier molecular flexibility index (Phi) is 6.21. The van der Waals surface area contributed by atoms with Gasteiger partial charge < -0.3 is 20.5 Å². The third-order valence-electron chi connectivity index (χ3n) is 7.40. The van der Waals surface area contributed by atoms with E-state index in [1.807, 2.05) is 0 Å². The van der Waals surface area contributed by atoms with Crippen LogP contribution in [0.3, 0.4) is 0 Å². The van der Waals surface area contributed by atoms with Crippen molar-refractivity contribution in [1.82, 2.24) is 25.0 Å². The van der Waals surface area contributed by atoms with E-state index in [2.05, 4.69) is 80.6 Å². The zero-order chi connectivity index (χ0) is 21.2. The summed E-state index contributed by atoms with van der Waals surface area (Å²) in [6.07, 6.45) is 15.2. The average Bonchev–Trinajstić information content (AvgIpc) is 3.09. The van der Waals surface area contributed by atoms with Crippen molar-refractivity contribution in [2.45, 2.75) is 51.4 Å². The van der Waals surface area contributed by atoms with Crippen molar-refractivity contribution in [3.05, 3.63) is 41.8 Å². The highest BCUT2D eigenvalue weighted by atomic mass is 15.3. The number of dihydropyridines is 1. The van der Waals surface area contributed by atoms with E-state index in [0.29, 0.717) is 6.04 Å². The van der Waals surface area contributed by atoms with Gasteiger partial charge in [0.1, 0.15) is 0 Å². The van der Waals surface area contributed by atoms with Crippen LogP contribution in [0.15, 0.2) is 30.4 Å². The molecule has 6 heteroatoms. The molecule has 168 valence electrons. The third-order valence-corrected chi connectivity index (χ3v) is 7.40. The van der Waals surface area contributed by atoms with Crippen molar-refractivity contribution in [3.63, 3.8) is 0 Å². The second kappa shape index (κ2) is 9.23. The second-order valence-corrected chi connectivity index (χ2v) is 9.63. The number of nitrogens with one attached hydrogen (secondary N) is 3. The summed E-state index contributed by atoms with van der Waals surface area (Å²) in [6, 6.07) is 3.68. The molecule has 0 aliphatic carbocycles. The molecule has 0 spiro atoms. The molecule has 1 aromatic rings. The first kappa shape index (κ1) is 20.9. The molecule has 0 bridgehead atoms. The summed E-state index contributed by atoms with van der Waals surface area (Å²) in [5.41, 5.74) is 4.70. The summed E-state index contributed by atoms with van der Waals surface area (Å²) in [5.74, 6) is 0. The number of aromatic nitrogens is 1. The highest BCUT2D eigenvalue weighted by Gasteiger charge is 2.29. The molecule has 0 aromatic carbocycles. The molecule has 5 heterocycles. The molecule has 5 rings (SSSR count). The second-order valence-electron chi connectivity index (χ2n) is 9.63. The van der Waals surface area contributed by atoms with Crippen molar-refractivity contribution in [3.8, 4) is 0 Å². The molecule has 3 N–H and O–H groups in total. The van der Waals surface area contributed by atoms with Gasteiger partial charge in [-0.05, 0) is 77.0 Å². The summed E-state index contributed by atoms with van der Waals surface area (Å²) in [4.78, 5) is 11.6. The van der Waals surface area contributed by atoms with Gasteiger partial charge in [-0.25, -0.2) is 0 Å². The molecule has 6 nitrogen and oxygen atoms in total. The summed E-state index contributed by atoms with van der Waals surface area (Å²) in [6.45, 7) is 12.8. The Labute approximate surface area is 187 Å². The third kappa shape index (κ3) is 4.61. The summed E-state index contributed by atoms with van der Waals surface area (Å²) >= 11 is 0. The van der Waals surface area contributed by atoms with Crippen LogP contribution < -0.4 is 10.6 Å². The number of allylic oxidation sites excluding steroid dienone is 2. The van der Waals surface area contributed by atoms with Gasteiger partial charge in [0.2, 0.25) is 0 Å². The average molecular weight is 423 g/mol. The quantitative estimate of drug-likeness (QED) is 0.696. The molecule has 31 heavy (non-hydrogen) atoms. The van der Waals surface area contributed by atoms with Crippen LogP contribution in [0.1, 0.15) is 44.5 Å². The van der Waals surface area contributed by atoms with Gasteiger partial charge in [-0.2, -0.15) is 0 Å².